The van der Waals surface area contributed by atoms with Crippen LogP contribution in [0, 0.1) is 5.82 Å². The first-order chi connectivity index (χ1) is 6.84. The van der Waals surface area contributed by atoms with Crippen LogP contribution in [0.25, 0.3) is 0 Å². The fraction of sp³-hybridized carbons (Fsp3) is 0.333. The van der Waals surface area contributed by atoms with Crippen molar-refractivity contribution in [2.45, 2.75) is 12.8 Å². The van der Waals surface area contributed by atoms with Gasteiger partial charge in [-0.3, -0.25) is 0 Å². The van der Waals surface area contributed by atoms with Crippen LogP contribution in [0.1, 0.15) is 12.0 Å². The molecule has 1 aromatic carbocycles. The number of nitrogens with one attached hydrogen (secondary N) is 1. The van der Waals surface area contributed by atoms with Crippen LogP contribution in [0.2, 0.25) is 0 Å². The highest BCUT2D eigenvalue weighted by Gasteiger charge is 2.03. The molecule has 14 heavy (non-hydrogen) atoms. The minimum Gasteiger partial charge on any atom is -0.313 e. The Morgan fingerprint density at radius 2 is 2.00 bits per heavy atom. The minimum absolute atomic E-state index is 0.159. The maximum absolute atomic E-state index is 12.6. The van der Waals surface area contributed by atoms with Gasteiger partial charge in [0, 0.05) is 6.54 Å². The smallest absolute Gasteiger partial charge is 0.123 e. The van der Waals surface area contributed by atoms with E-state index >= 15 is 0 Å². The molecule has 0 radical (unpaired) electrons. The lowest BCUT2D eigenvalue weighted by molar-refractivity contribution is 0.627. The molecule has 1 nitrogen and oxygen atoms in total. The van der Waals surface area contributed by atoms with Crippen molar-refractivity contribution in [1.82, 2.24) is 5.32 Å². The minimum atomic E-state index is -0.159. The van der Waals surface area contributed by atoms with Gasteiger partial charge in [0.1, 0.15) is 5.82 Å². The highest BCUT2D eigenvalue weighted by atomic mass is 19.1. The van der Waals surface area contributed by atoms with E-state index in [1.54, 1.807) is 0 Å². The van der Waals surface area contributed by atoms with E-state index in [0.29, 0.717) is 0 Å². The molecule has 0 unspecified atom stereocenters. The fourth-order valence-corrected chi connectivity index (χ4v) is 1.69. The molecule has 2 rings (SSSR count). The van der Waals surface area contributed by atoms with Crippen LogP contribution in [0.15, 0.2) is 35.9 Å². The highest BCUT2D eigenvalue weighted by Crippen LogP contribution is 2.13. The van der Waals surface area contributed by atoms with Crippen molar-refractivity contribution < 1.29 is 4.39 Å². The lowest BCUT2D eigenvalue weighted by Gasteiger charge is -2.13. The summed E-state index contributed by atoms with van der Waals surface area (Å²) in [5.41, 5.74) is 2.65. The third-order valence-electron chi connectivity index (χ3n) is 2.50. The normalized spacial score (nSPS) is 16.5. The quantitative estimate of drug-likeness (QED) is 0.707. The molecule has 0 saturated carbocycles. The molecule has 0 spiro atoms. The van der Waals surface area contributed by atoms with Crippen LogP contribution in [0.4, 0.5) is 4.39 Å². The number of hydrogen-bond acceptors (Lipinski definition) is 1. The van der Waals surface area contributed by atoms with E-state index in [0.717, 1.165) is 25.9 Å². The van der Waals surface area contributed by atoms with Gasteiger partial charge in [0.25, 0.3) is 0 Å². The van der Waals surface area contributed by atoms with E-state index in [-0.39, 0.29) is 5.82 Å². The average Bonchev–Trinajstić information content (AvgIpc) is 2.23. The lowest BCUT2D eigenvalue weighted by atomic mass is 10.0. The van der Waals surface area contributed by atoms with Gasteiger partial charge in [0.15, 0.2) is 0 Å². The predicted octanol–water partition coefficient (Wildman–Crippen LogP) is 2.29. The van der Waals surface area contributed by atoms with Gasteiger partial charge in [0.2, 0.25) is 0 Å². The van der Waals surface area contributed by atoms with Gasteiger partial charge in [-0.05, 0) is 37.1 Å². The maximum atomic E-state index is 12.6. The first-order valence-electron chi connectivity index (χ1n) is 4.98. The van der Waals surface area contributed by atoms with Gasteiger partial charge in [0.05, 0.1) is 0 Å². The molecule has 1 aliphatic heterocycles. The number of benzene rings is 1. The zero-order valence-corrected chi connectivity index (χ0v) is 8.09. The maximum Gasteiger partial charge on any atom is 0.123 e. The van der Waals surface area contributed by atoms with E-state index in [1.807, 2.05) is 12.1 Å². The van der Waals surface area contributed by atoms with Crippen LogP contribution in [-0.4, -0.2) is 13.1 Å². The number of halogens is 1. The summed E-state index contributed by atoms with van der Waals surface area (Å²) in [6.07, 6.45) is 4.30. The predicted molar refractivity (Wildman–Crippen MR) is 55.7 cm³/mol. The summed E-state index contributed by atoms with van der Waals surface area (Å²) < 4.78 is 12.6. The number of hydrogen-bond donors (Lipinski definition) is 1. The van der Waals surface area contributed by atoms with Crippen molar-refractivity contribution in [2.75, 3.05) is 13.1 Å². The molecule has 2 heteroatoms. The summed E-state index contributed by atoms with van der Waals surface area (Å²) in [5.74, 6) is -0.159. The van der Waals surface area contributed by atoms with Crippen LogP contribution >= 0.6 is 0 Å². The van der Waals surface area contributed by atoms with Crippen LogP contribution < -0.4 is 5.32 Å². The standard InChI is InChI=1S/C12H14FN/c13-12-3-1-10(2-4-12)9-11-5-7-14-8-6-11/h1-5,14H,6-9H2. The largest absolute Gasteiger partial charge is 0.313 e. The van der Waals surface area contributed by atoms with Gasteiger partial charge in [-0.2, -0.15) is 0 Å². The molecule has 0 saturated heterocycles. The SMILES string of the molecule is Fc1ccc(CC2=CCNCC2)cc1. The second-order valence-corrected chi connectivity index (χ2v) is 3.62. The summed E-state index contributed by atoms with van der Waals surface area (Å²) in [5, 5.41) is 3.27. The molecule has 1 heterocycles. The average molecular weight is 191 g/mol. The molecular weight excluding hydrogens is 177 g/mol. The lowest BCUT2D eigenvalue weighted by Crippen LogP contribution is -2.21. The van der Waals surface area contributed by atoms with Crippen molar-refractivity contribution in [3.8, 4) is 0 Å². The summed E-state index contributed by atoms with van der Waals surface area (Å²) in [6.45, 7) is 2.03. The molecule has 0 bridgehead atoms. The second kappa shape index (κ2) is 4.38. The molecule has 1 aliphatic rings. The van der Waals surface area contributed by atoms with Crippen LogP contribution in [0.3, 0.4) is 0 Å². The Balaban J connectivity index is 2.03. The monoisotopic (exact) mass is 191 g/mol. The fourth-order valence-electron chi connectivity index (χ4n) is 1.69. The van der Waals surface area contributed by atoms with Gasteiger partial charge in [-0.15, -0.1) is 0 Å². The van der Waals surface area contributed by atoms with E-state index < -0.39 is 0 Å². The van der Waals surface area contributed by atoms with Gasteiger partial charge < -0.3 is 5.32 Å². The van der Waals surface area contributed by atoms with Gasteiger partial charge in [-0.25, -0.2) is 4.39 Å². The third kappa shape index (κ3) is 2.42. The van der Waals surface area contributed by atoms with Gasteiger partial charge in [-0.1, -0.05) is 23.8 Å². The Hall–Kier alpha value is -1.15. The third-order valence-corrected chi connectivity index (χ3v) is 2.50. The van der Waals surface area contributed by atoms with Crippen molar-refractivity contribution in [3.05, 3.63) is 47.3 Å². The van der Waals surface area contributed by atoms with Crippen molar-refractivity contribution in [1.29, 1.82) is 0 Å². The summed E-state index contributed by atoms with van der Waals surface area (Å²) >= 11 is 0. The zero-order chi connectivity index (χ0) is 9.80. The van der Waals surface area contributed by atoms with E-state index in [2.05, 4.69) is 11.4 Å². The van der Waals surface area contributed by atoms with E-state index in [4.69, 9.17) is 0 Å². The van der Waals surface area contributed by atoms with Crippen LogP contribution in [0.5, 0.6) is 0 Å². The molecule has 0 atom stereocenters. The Kier molecular flexibility index (Phi) is 2.94. The Bertz CT molecular complexity index is 327. The molecule has 0 fully saturated rings. The first-order valence-corrected chi connectivity index (χ1v) is 4.98. The second-order valence-electron chi connectivity index (χ2n) is 3.62. The molecule has 0 amide bonds. The molecular formula is C12H14FN. The van der Waals surface area contributed by atoms with E-state index in [9.17, 15) is 4.39 Å². The molecule has 1 N–H and O–H groups in total. The molecule has 1 aromatic rings. The summed E-state index contributed by atoms with van der Waals surface area (Å²) in [4.78, 5) is 0. The number of rotatable bonds is 2. The molecule has 0 aromatic heterocycles. The Labute approximate surface area is 83.6 Å². The summed E-state index contributed by atoms with van der Waals surface area (Å²) in [6, 6.07) is 6.77. The van der Waals surface area contributed by atoms with Crippen LogP contribution in [-0.2, 0) is 6.42 Å². The first kappa shape index (κ1) is 9.41. The van der Waals surface area contributed by atoms with Crippen molar-refractivity contribution in [3.63, 3.8) is 0 Å². The Morgan fingerprint density at radius 1 is 1.21 bits per heavy atom. The Morgan fingerprint density at radius 3 is 2.64 bits per heavy atom. The van der Waals surface area contributed by atoms with Crippen molar-refractivity contribution in [2.24, 2.45) is 0 Å². The molecule has 74 valence electrons. The highest BCUT2D eigenvalue weighted by molar-refractivity contribution is 5.23. The zero-order valence-electron chi connectivity index (χ0n) is 8.09. The van der Waals surface area contributed by atoms with Gasteiger partial charge >= 0.3 is 0 Å². The summed E-state index contributed by atoms with van der Waals surface area (Å²) in [7, 11) is 0. The van der Waals surface area contributed by atoms with E-state index in [1.165, 1.54) is 23.3 Å². The molecule has 0 aliphatic carbocycles. The topological polar surface area (TPSA) is 12.0 Å². The van der Waals surface area contributed by atoms with Crippen molar-refractivity contribution >= 4 is 0 Å².